The predicted molar refractivity (Wildman–Crippen MR) is 113 cm³/mol. The highest BCUT2D eigenvalue weighted by Crippen LogP contribution is 2.25. The average Bonchev–Trinajstić information content (AvgIpc) is 3.15. The highest BCUT2D eigenvalue weighted by Gasteiger charge is 2.25. The van der Waals surface area contributed by atoms with Gasteiger partial charge in [-0.3, -0.25) is 4.79 Å². The number of urea groups is 1. The van der Waals surface area contributed by atoms with Gasteiger partial charge in [-0.2, -0.15) is 0 Å². The van der Waals surface area contributed by atoms with Gasteiger partial charge >= 0.3 is 6.03 Å². The summed E-state index contributed by atoms with van der Waals surface area (Å²) in [6.07, 6.45) is 0. The highest BCUT2D eigenvalue weighted by molar-refractivity contribution is 7.14. The van der Waals surface area contributed by atoms with Crippen LogP contribution in [0.4, 0.5) is 20.0 Å². The van der Waals surface area contributed by atoms with E-state index in [2.05, 4.69) is 20.9 Å². The molecule has 0 radical (unpaired) electrons. The molecule has 3 rings (SSSR count). The van der Waals surface area contributed by atoms with Crippen LogP contribution in [0.25, 0.3) is 11.3 Å². The van der Waals surface area contributed by atoms with Crippen LogP contribution in [0.15, 0.2) is 60.0 Å². The number of hydrogen-bond acceptors (Lipinski definition) is 4. The van der Waals surface area contributed by atoms with Gasteiger partial charge in [0.25, 0.3) is 0 Å². The Hall–Kier alpha value is -3.26. The second-order valence-electron chi connectivity index (χ2n) is 6.72. The van der Waals surface area contributed by atoms with Crippen molar-refractivity contribution in [2.45, 2.75) is 19.9 Å². The molecule has 1 unspecified atom stereocenters. The van der Waals surface area contributed by atoms with Gasteiger partial charge in [0.15, 0.2) is 5.13 Å². The number of benzene rings is 2. The Labute approximate surface area is 172 Å². The van der Waals surface area contributed by atoms with Crippen LogP contribution in [0.2, 0.25) is 0 Å². The van der Waals surface area contributed by atoms with E-state index < -0.39 is 12.1 Å². The Morgan fingerprint density at radius 1 is 1.00 bits per heavy atom. The molecule has 0 aliphatic carbocycles. The van der Waals surface area contributed by atoms with E-state index >= 15 is 0 Å². The van der Waals surface area contributed by atoms with E-state index in [1.54, 1.807) is 29.6 Å². The molecule has 0 aliphatic rings. The number of hydrogen-bond donors (Lipinski definition) is 3. The molecule has 8 heteroatoms. The van der Waals surface area contributed by atoms with E-state index in [1.807, 2.05) is 32.0 Å². The van der Waals surface area contributed by atoms with Crippen molar-refractivity contribution in [1.29, 1.82) is 0 Å². The number of para-hydroxylation sites is 1. The average molecular weight is 412 g/mol. The van der Waals surface area contributed by atoms with Crippen molar-refractivity contribution in [2.75, 3.05) is 10.6 Å². The van der Waals surface area contributed by atoms with Gasteiger partial charge in [-0.25, -0.2) is 14.2 Å². The largest absolute Gasteiger partial charge is 0.326 e. The van der Waals surface area contributed by atoms with E-state index in [1.165, 1.54) is 23.5 Å². The number of nitrogens with one attached hydrogen (secondary N) is 3. The fraction of sp³-hybridized carbons (Fsp3) is 0.190. The van der Waals surface area contributed by atoms with Crippen molar-refractivity contribution in [3.05, 3.63) is 65.8 Å². The smallest absolute Gasteiger partial charge is 0.319 e. The quantitative estimate of drug-likeness (QED) is 0.547. The summed E-state index contributed by atoms with van der Waals surface area (Å²) in [5.41, 5.74) is 2.03. The molecule has 29 heavy (non-hydrogen) atoms. The zero-order chi connectivity index (χ0) is 20.8. The molecular weight excluding hydrogens is 391 g/mol. The maximum atomic E-state index is 13.1. The van der Waals surface area contributed by atoms with Crippen LogP contribution in [-0.2, 0) is 4.79 Å². The van der Waals surface area contributed by atoms with Crippen molar-refractivity contribution in [3.8, 4) is 11.3 Å². The number of thiazole rings is 1. The van der Waals surface area contributed by atoms with Crippen LogP contribution < -0.4 is 16.0 Å². The summed E-state index contributed by atoms with van der Waals surface area (Å²) >= 11 is 1.26. The predicted octanol–water partition coefficient (Wildman–Crippen LogP) is 4.73. The van der Waals surface area contributed by atoms with E-state index in [0.717, 1.165) is 5.56 Å². The van der Waals surface area contributed by atoms with Crippen molar-refractivity contribution < 1.29 is 14.0 Å². The third kappa shape index (κ3) is 5.61. The van der Waals surface area contributed by atoms with Crippen molar-refractivity contribution >= 4 is 34.1 Å². The third-order valence-corrected chi connectivity index (χ3v) is 4.90. The van der Waals surface area contributed by atoms with Crippen LogP contribution in [-0.4, -0.2) is 23.0 Å². The van der Waals surface area contributed by atoms with Crippen LogP contribution in [0, 0.1) is 11.7 Å². The van der Waals surface area contributed by atoms with Gasteiger partial charge in [0.05, 0.1) is 5.69 Å². The molecule has 1 aromatic heterocycles. The zero-order valence-corrected chi connectivity index (χ0v) is 16.8. The molecule has 2 aromatic carbocycles. The van der Waals surface area contributed by atoms with Gasteiger partial charge in [-0.05, 0) is 42.3 Å². The first kappa shape index (κ1) is 20.5. The molecule has 3 amide bonds. The van der Waals surface area contributed by atoms with E-state index in [4.69, 9.17) is 0 Å². The van der Waals surface area contributed by atoms with E-state index in [-0.39, 0.29) is 17.6 Å². The second-order valence-corrected chi connectivity index (χ2v) is 7.58. The van der Waals surface area contributed by atoms with Crippen molar-refractivity contribution in [2.24, 2.45) is 5.92 Å². The molecule has 150 valence electrons. The fourth-order valence-electron chi connectivity index (χ4n) is 2.63. The summed E-state index contributed by atoms with van der Waals surface area (Å²) in [5.74, 6) is -0.812. The first-order valence-electron chi connectivity index (χ1n) is 9.07. The maximum Gasteiger partial charge on any atom is 0.319 e. The summed E-state index contributed by atoms with van der Waals surface area (Å²) in [5, 5.41) is 10.3. The minimum atomic E-state index is -0.739. The van der Waals surface area contributed by atoms with Gasteiger partial charge in [0.2, 0.25) is 5.91 Å². The molecule has 3 N–H and O–H groups in total. The molecule has 6 nitrogen and oxygen atoms in total. The fourth-order valence-corrected chi connectivity index (χ4v) is 3.36. The minimum Gasteiger partial charge on any atom is -0.326 e. The molecule has 1 heterocycles. The number of carbonyl (C=O) groups excluding carboxylic acids is 2. The highest BCUT2D eigenvalue weighted by atomic mass is 32.1. The monoisotopic (exact) mass is 412 g/mol. The van der Waals surface area contributed by atoms with Crippen molar-refractivity contribution in [3.63, 3.8) is 0 Å². The summed E-state index contributed by atoms with van der Waals surface area (Å²) in [6.45, 7) is 3.69. The molecular formula is C21H21FN4O2S. The summed E-state index contributed by atoms with van der Waals surface area (Å²) in [4.78, 5) is 29.3. The normalized spacial score (nSPS) is 11.7. The van der Waals surface area contributed by atoms with Gasteiger partial charge in [0.1, 0.15) is 11.9 Å². The molecule has 0 saturated carbocycles. The summed E-state index contributed by atoms with van der Waals surface area (Å²) in [6, 6.07) is 13.8. The number of aromatic nitrogens is 1. The molecule has 1 atom stereocenters. The molecule has 3 aromatic rings. The van der Waals surface area contributed by atoms with Crippen LogP contribution in [0.1, 0.15) is 13.8 Å². The number of amides is 3. The number of carbonyl (C=O) groups is 2. The first-order chi connectivity index (χ1) is 13.9. The van der Waals surface area contributed by atoms with Gasteiger partial charge in [-0.15, -0.1) is 11.3 Å². The maximum absolute atomic E-state index is 13.1. The molecule has 0 saturated heterocycles. The van der Waals surface area contributed by atoms with Crippen LogP contribution in [0.5, 0.6) is 0 Å². The topological polar surface area (TPSA) is 83.1 Å². The number of rotatable bonds is 6. The number of nitrogens with zero attached hydrogens (tertiary/aromatic N) is 1. The van der Waals surface area contributed by atoms with Gasteiger partial charge in [0, 0.05) is 16.6 Å². The Morgan fingerprint density at radius 3 is 2.34 bits per heavy atom. The Kier molecular flexibility index (Phi) is 6.56. The van der Waals surface area contributed by atoms with Crippen molar-refractivity contribution in [1.82, 2.24) is 10.3 Å². The van der Waals surface area contributed by atoms with E-state index in [0.29, 0.717) is 16.5 Å². The Balaban J connectivity index is 1.64. The summed E-state index contributed by atoms with van der Waals surface area (Å²) in [7, 11) is 0. The summed E-state index contributed by atoms with van der Waals surface area (Å²) < 4.78 is 13.1. The lowest BCUT2D eigenvalue weighted by Crippen LogP contribution is -2.48. The minimum absolute atomic E-state index is 0.131. The van der Waals surface area contributed by atoms with Gasteiger partial charge < -0.3 is 16.0 Å². The molecule has 0 bridgehead atoms. The van der Waals surface area contributed by atoms with Gasteiger partial charge in [-0.1, -0.05) is 32.0 Å². The molecule has 0 aliphatic heterocycles. The molecule has 0 fully saturated rings. The Morgan fingerprint density at radius 2 is 1.69 bits per heavy atom. The van der Waals surface area contributed by atoms with E-state index in [9.17, 15) is 14.0 Å². The number of halogens is 1. The van der Waals surface area contributed by atoms with Crippen LogP contribution in [0.3, 0.4) is 0 Å². The zero-order valence-electron chi connectivity index (χ0n) is 16.0. The lowest BCUT2D eigenvalue weighted by atomic mass is 10.0. The lowest BCUT2D eigenvalue weighted by molar-refractivity contribution is -0.118. The third-order valence-electron chi connectivity index (χ3n) is 4.14. The standard InChI is InChI=1S/C21H21FN4O2S/c1-13(2)18(25-20(28)23-16-6-4-3-5-7-16)19(27)26-21-24-17(12-29-21)14-8-10-15(22)11-9-14/h3-13,18H,1-2H3,(H2,23,25,28)(H,24,26,27). The first-order valence-corrected chi connectivity index (χ1v) is 9.95. The Bertz CT molecular complexity index is 974. The SMILES string of the molecule is CC(C)C(NC(=O)Nc1ccccc1)C(=O)Nc1nc(-c2ccc(F)cc2)cs1. The molecule has 0 spiro atoms. The second kappa shape index (κ2) is 9.29. The van der Waals surface area contributed by atoms with Crippen LogP contribution >= 0.6 is 11.3 Å². The lowest BCUT2D eigenvalue weighted by Gasteiger charge is -2.21. The number of anilines is 2.